The molecule has 4 rings (SSSR count). The zero-order chi connectivity index (χ0) is 18.0. The summed E-state index contributed by atoms with van der Waals surface area (Å²) in [5, 5.41) is 5.83. The SMILES string of the molecule is Cc1ccc(N)cc1C1(Cc2cc(-c3ccccc3)cs2)CCNCC1. The minimum Gasteiger partial charge on any atom is -0.399 e. The lowest BCUT2D eigenvalue weighted by atomic mass is 9.69. The summed E-state index contributed by atoms with van der Waals surface area (Å²) in [6.07, 6.45) is 3.42. The molecule has 1 saturated heterocycles. The van der Waals surface area contributed by atoms with E-state index in [0.29, 0.717) is 0 Å². The fourth-order valence-electron chi connectivity index (χ4n) is 4.25. The fourth-order valence-corrected chi connectivity index (χ4v) is 5.28. The van der Waals surface area contributed by atoms with Crippen molar-refractivity contribution in [1.29, 1.82) is 0 Å². The molecule has 2 aromatic carbocycles. The van der Waals surface area contributed by atoms with Gasteiger partial charge in [-0.05, 0) is 85.1 Å². The van der Waals surface area contributed by atoms with Gasteiger partial charge >= 0.3 is 0 Å². The number of hydrogen-bond acceptors (Lipinski definition) is 3. The van der Waals surface area contributed by atoms with Crippen LogP contribution in [0.3, 0.4) is 0 Å². The molecular formula is C23H26N2S. The minimum absolute atomic E-state index is 0.184. The highest BCUT2D eigenvalue weighted by Gasteiger charge is 2.35. The Morgan fingerprint density at radius 2 is 1.77 bits per heavy atom. The highest BCUT2D eigenvalue weighted by Crippen LogP contribution is 2.41. The Morgan fingerprint density at radius 1 is 1.00 bits per heavy atom. The number of hydrogen-bond donors (Lipinski definition) is 2. The van der Waals surface area contributed by atoms with Crippen LogP contribution < -0.4 is 11.1 Å². The molecule has 0 aliphatic carbocycles. The average molecular weight is 363 g/mol. The van der Waals surface area contributed by atoms with Crippen LogP contribution in [0.25, 0.3) is 11.1 Å². The molecule has 1 aromatic heterocycles. The lowest BCUT2D eigenvalue weighted by Crippen LogP contribution is -2.41. The van der Waals surface area contributed by atoms with Crippen molar-refractivity contribution >= 4 is 17.0 Å². The quantitative estimate of drug-likeness (QED) is 0.628. The van der Waals surface area contributed by atoms with E-state index < -0.39 is 0 Å². The van der Waals surface area contributed by atoms with Crippen LogP contribution in [-0.2, 0) is 11.8 Å². The Kier molecular flexibility index (Phi) is 4.84. The molecule has 0 unspecified atom stereocenters. The van der Waals surface area contributed by atoms with Gasteiger partial charge in [0, 0.05) is 16.0 Å². The summed E-state index contributed by atoms with van der Waals surface area (Å²) in [6.45, 7) is 4.37. The molecular weight excluding hydrogens is 336 g/mol. The maximum Gasteiger partial charge on any atom is 0.0317 e. The Hall–Kier alpha value is -2.10. The van der Waals surface area contributed by atoms with E-state index >= 15 is 0 Å². The number of nitrogen functional groups attached to an aromatic ring is 1. The summed E-state index contributed by atoms with van der Waals surface area (Å²) in [5.41, 5.74) is 12.6. The van der Waals surface area contributed by atoms with Gasteiger partial charge in [-0.25, -0.2) is 0 Å². The van der Waals surface area contributed by atoms with Crippen LogP contribution in [0.5, 0.6) is 0 Å². The van der Waals surface area contributed by atoms with Crippen LogP contribution in [0.2, 0.25) is 0 Å². The van der Waals surface area contributed by atoms with Gasteiger partial charge in [0.05, 0.1) is 0 Å². The van der Waals surface area contributed by atoms with E-state index in [1.165, 1.54) is 27.1 Å². The Balaban J connectivity index is 1.68. The third kappa shape index (κ3) is 3.42. The van der Waals surface area contributed by atoms with Crippen molar-refractivity contribution in [3.8, 4) is 11.1 Å². The maximum atomic E-state index is 6.15. The van der Waals surface area contributed by atoms with E-state index in [1.54, 1.807) is 0 Å². The molecule has 3 heteroatoms. The van der Waals surface area contributed by atoms with Crippen molar-refractivity contribution in [2.24, 2.45) is 0 Å². The smallest absolute Gasteiger partial charge is 0.0317 e. The summed E-state index contributed by atoms with van der Waals surface area (Å²) in [5.74, 6) is 0. The highest BCUT2D eigenvalue weighted by atomic mass is 32.1. The van der Waals surface area contributed by atoms with Crippen LogP contribution >= 0.6 is 11.3 Å². The second-order valence-corrected chi connectivity index (χ2v) is 8.44. The lowest BCUT2D eigenvalue weighted by molar-refractivity contribution is 0.305. The monoisotopic (exact) mass is 362 g/mol. The first-order valence-corrected chi connectivity index (χ1v) is 10.2. The first-order valence-electron chi connectivity index (χ1n) is 9.36. The number of benzene rings is 2. The van der Waals surface area contributed by atoms with E-state index in [9.17, 15) is 0 Å². The van der Waals surface area contributed by atoms with Gasteiger partial charge < -0.3 is 11.1 Å². The van der Waals surface area contributed by atoms with Gasteiger partial charge in [-0.3, -0.25) is 0 Å². The van der Waals surface area contributed by atoms with Crippen molar-refractivity contribution in [1.82, 2.24) is 5.32 Å². The van der Waals surface area contributed by atoms with Crippen molar-refractivity contribution in [3.63, 3.8) is 0 Å². The number of anilines is 1. The van der Waals surface area contributed by atoms with E-state index in [-0.39, 0.29) is 5.41 Å². The van der Waals surface area contributed by atoms with Crippen LogP contribution in [0.1, 0.15) is 28.8 Å². The summed E-state index contributed by atoms with van der Waals surface area (Å²) in [4.78, 5) is 1.47. The molecule has 3 N–H and O–H groups in total. The predicted molar refractivity (Wildman–Crippen MR) is 113 cm³/mol. The zero-order valence-electron chi connectivity index (χ0n) is 15.3. The third-order valence-corrected chi connectivity index (χ3v) is 6.60. The molecule has 1 aliphatic rings. The van der Waals surface area contributed by atoms with Gasteiger partial charge in [0.25, 0.3) is 0 Å². The molecule has 0 bridgehead atoms. The fraction of sp³-hybridized carbons (Fsp3) is 0.304. The summed E-state index contributed by atoms with van der Waals surface area (Å²) in [6, 6.07) is 19.5. The normalized spacial score (nSPS) is 16.5. The van der Waals surface area contributed by atoms with E-state index in [2.05, 4.69) is 66.2 Å². The van der Waals surface area contributed by atoms with Crippen LogP contribution in [-0.4, -0.2) is 13.1 Å². The Labute approximate surface area is 160 Å². The van der Waals surface area contributed by atoms with Crippen molar-refractivity contribution in [3.05, 3.63) is 76.0 Å². The van der Waals surface area contributed by atoms with Crippen molar-refractivity contribution in [2.75, 3.05) is 18.8 Å². The number of thiophene rings is 1. The highest BCUT2D eigenvalue weighted by molar-refractivity contribution is 7.10. The molecule has 0 radical (unpaired) electrons. The second kappa shape index (κ2) is 7.26. The van der Waals surface area contributed by atoms with Gasteiger partial charge in [0.15, 0.2) is 0 Å². The number of nitrogens with two attached hydrogens (primary N) is 1. The van der Waals surface area contributed by atoms with Crippen molar-refractivity contribution < 1.29 is 0 Å². The van der Waals surface area contributed by atoms with E-state index in [4.69, 9.17) is 5.73 Å². The molecule has 26 heavy (non-hydrogen) atoms. The van der Waals surface area contributed by atoms with Crippen LogP contribution in [0.4, 0.5) is 5.69 Å². The topological polar surface area (TPSA) is 38.0 Å². The molecule has 134 valence electrons. The Bertz CT molecular complexity index is 876. The van der Waals surface area contributed by atoms with Gasteiger partial charge in [0.1, 0.15) is 0 Å². The van der Waals surface area contributed by atoms with Gasteiger partial charge in [-0.15, -0.1) is 11.3 Å². The number of nitrogens with one attached hydrogen (secondary N) is 1. The van der Waals surface area contributed by atoms with Gasteiger partial charge in [-0.1, -0.05) is 36.4 Å². The van der Waals surface area contributed by atoms with Crippen LogP contribution in [0, 0.1) is 6.92 Å². The molecule has 0 amide bonds. The van der Waals surface area contributed by atoms with Crippen molar-refractivity contribution in [2.45, 2.75) is 31.6 Å². The average Bonchev–Trinajstić information content (AvgIpc) is 3.13. The summed E-state index contributed by atoms with van der Waals surface area (Å²) < 4.78 is 0. The minimum atomic E-state index is 0.184. The third-order valence-electron chi connectivity index (χ3n) is 5.67. The molecule has 3 aromatic rings. The number of piperidine rings is 1. The molecule has 1 fully saturated rings. The molecule has 2 heterocycles. The molecule has 0 saturated carbocycles. The summed E-state index contributed by atoms with van der Waals surface area (Å²) >= 11 is 1.89. The van der Waals surface area contributed by atoms with Gasteiger partial charge in [-0.2, -0.15) is 0 Å². The molecule has 2 nitrogen and oxygen atoms in total. The maximum absolute atomic E-state index is 6.15. The lowest BCUT2D eigenvalue weighted by Gasteiger charge is -2.39. The molecule has 1 aliphatic heterocycles. The summed E-state index contributed by atoms with van der Waals surface area (Å²) in [7, 11) is 0. The predicted octanol–water partition coefficient (Wildman–Crippen LogP) is 5.17. The van der Waals surface area contributed by atoms with Crippen LogP contribution in [0.15, 0.2) is 60.0 Å². The number of aryl methyl sites for hydroxylation is 1. The molecule has 0 spiro atoms. The first kappa shape index (κ1) is 17.3. The Morgan fingerprint density at radius 3 is 2.54 bits per heavy atom. The second-order valence-electron chi connectivity index (χ2n) is 7.45. The van der Waals surface area contributed by atoms with Gasteiger partial charge in [0.2, 0.25) is 0 Å². The standard InChI is InChI=1S/C23H26N2S/c1-17-7-8-20(24)14-22(17)23(9-11-25-12-10-23)15-21-13-19(16-26-21)18-5-3-2-4-6-18/h2-8,13-14,16,25H,9-12,15,24H2,1H3. The van der Waals surface area contributed by atoms with E-state index in [1.807, 2.05) is 17.4 Å². The number of rotatable bonds is 4. The zero-order valence-corrected chi connectivity index (χ0v) is 16.1. The largest absolute Gasteiger partial charge is 0.399 e. The van der Waals surface area contributed by atoms with E-state index in [0.717, 1.165) is 38.0 Å². The first-order chi connectivity index (χ1) is 12.7. The molecule has 0 atom stereocenters.